The van der Waals surface area contributed by atoms with E-state index in [1.807, 2.05) is 43.3 Å². The maximum atomic E-state index is 13.2. The molecule has 0 radical (unpaired) electrons. The first-order valence-electron chi connectivity index (χ1n) is 9.27. The second kappa shape index (κ2) is 6.98. The summed E-state index contributed by atoms with van der Waals surface area (Å²) in [6, 6.07) is 5.87. The maximum Gasteiger partial charge on any atom is 0.272 e. The van der Waals surface area contributed by atoms with Crippen LogP contribution >= 0.6 is 0 Å². The second-order valence-electron chi connectivity index (χ2n) is 7.15. The minimum atomic E-state index is -0.0109. The first-order chi connectivity index (χ1) is 13.0. The van der Waals surface area contributed by atoms with Crippen molar-refractivity contribution in [3.63, 3.8) is 0 Å². The highest BCUT2D eigenvalue weighted by Gasteiger charge is 2.35. The van der Waals surface area contributed by atoms with Crippen molar-refractivity contribution in [2.45, 2.75) is 39.3 Å². The summed E-state index contributed by atoms with van der Waals surface area (Å²) in [5.41, 5.74) is 3.75. The number of hydrogen-bond donors (Lipinski definition) is 0. The van der Waals surface area contributed by atoms with Crippen molar-refractivity contribution in [2.24, 2.45) is 7.05 Å². The molecule has 1 atom stereocenters. The van der Waals surface area contributed by atoms with Crippen LogP contribution in [0.1, 0.15) is 52.1 Å². The Bertz CT molecular complexity index is 958. The van der Waals surface area contributed by atoms with Crippen LogP contribution in [0, 0.1) is 13.8 Å². The van der Waals surface area contributed by atoms with Crippen molar-refractivity contribution >= 4 is 5.91 Å². The van der Waals surface area contributed by atoms with Crippen molar-refractivity contribution in [3.8, 4) is 0 Å². The average molecular weight is 364 g/mol. The van der Waals surface area contributed by atoms with Crippen molar-refractivity contribution in [1.29, 1.82) is 0 Å². The predicted octanol–water partition coefficient (Wildman–Crippen LogP) is 2.65. The molecule has 0 bridgehead atoms. The van der Waals surface area contributed by atoms with Gasteiger partial charge in [0, 0.05) is 44.4 Å². The Hall–Kier alpha value is -2.96. The second-order valence-corrected chi connectivity index (χ2v) is 7.15. The molecule has 1 amide bonds. The molecule has 0 saturated carbocycles. The van der Waals surface area contributed by atoms with Crippen LogP contribution in [0.15, 0.2) is 36.8 Å². The van der Waals surface area contributed by atoms with E-state index in [0.717, 1.165) is 43.1 Å². The van der Waals surface area contributed by atoms with E-state index in [1.165, 1.54) is 5.56 Å². The number of aromatic nitrogens is 5. The molecule has 0 spiro atoms. The molecule has 1 unspecified atom stereocenters. The predicted molar refractivity (Wildman–Crippen MR) is 101 cm³/mol. The lowest BCUT2D eigenvalue weighted by atomic mass is 10.2. The van der Waals surface area contributed by atoms with Gasteiger partial charge in [0.2, 0.25) is 0 Å². The number of likely N-dealkylation sites (tertiary alicyclic amines) is 1. The van der Waals surface area contributed by atoms with E-state index >= 15 is 0 Å². The number of hydrogen-bond acceptors (Lipinski definition) is 4. The first-order valence-corrected chi connectivity index (χ1v) is 9.27. The number of nitrogens with zero attached hydrogens (tertiary/aromatic N) is 6. The lowest BCUT2D eigenvalue weighted by molar-refractivity contribution is 0.0716. The first kappa shape index (κ1) is 17.5. The molecule has 0 aliphatic carbocycles. The maximum absolute atomic E-state index is 13.2. The number of aryl methyl sites for hydroxylation is 3. The Morgan fingerprint density at radius 1 is 1.26 bits per heavy atom. The van der Waals surface area contributed by atoms with Crippen LogP contribution in [0.2, 0.25) is 0 Å². The zero-order chi connectivity index (χ0) is 19.0. The summed E-state index contributed by atoms with van der Waals surface area (Å²) < 4.78 is 3.88. The zero-order valence-electron chi connectivity index (χ0n) is 16.0. The highest BCUT2D eigenvalue weighted by atomic mass is 16.2. The fraction of sp³-hybridized carbons (Fsp3) is 0.400. The van der Waals surface area contributed by atoms with Crippen LogP contribution in [-0.2, 0) is 13.6 Å². The fourth-order valence-corrected chi connectivity index (χ4v) is 3.86. The van der Waals surface area contributed by atoms with Crippen molar-refractivity contribution in [3.05, 3.63) is 65.3 Å². The Morgan fingerprint density at radius 3 is 2.74 bits per heavy atom. The van der Waals surface area contributed by atoms with Crippen LogP contribution in [0.4, 0.5) is 0 Å². The van der Waals surface area contributed by atoms with E-state index in [4.69, 9.17) is 0 Å². The van der Waals surface area contributed by atoms with Gasteiger partial charge >= 0.3 is 0 Å². The molecule has 4 heterocycles. The van der Waals surface area contributed by atoms with Gasteiger partial charge in [0.1, 0.15) is 11.5 Å². The topological polar surface area (TPSA) is 68.8 Å². The van der Waals surface area contributed by atoms with Gasteiger partial charge < -0.3 is 9.47 Å². The molecule has 140 valence electrons. The molecular formula is C20H24N6O. The Balaban J connectivity index is 1.65. The van der Waals surface area contributed by atoms with E-state index in [9.17, 15) is 4.79 Å². The number of imidazole rings is 1. The third-order valence-electron chi connectivity index (χ3n) is 5.21. The van der Waals surface area contributed by atoms with E-state index in [2.05, 4.69) is 26.6 Å². The Morgan fingerprint density at radius 2 is 2.04 bits per heavy atom. The molecule has 1 aliphatic rings. The van der Waals surface area contributed by atoms with Gasteiger partial charge in [0.25, 0.3) is 5.91 Å². The molecule has 3 aromatic rings. The Labute approximate surface area is 158 Å². The standard InChI is InChI=1S/C20H24N6O/c1-14-11-18(24(3)23-14)20(27)25-10-4-5-17(25)19-22-12-15(2)26(19)13-16-6-8-21-9-7-16/h6-9,11-12,17H,4-5,10,13H2,1-3H3. The van der Waals surface area contributed by atoms with Crippen LogP contribution in [0.5, 0.6) is 0 Å². The number of carbonyl (C=O) groups is 1. The molecular weight excluding hydrogens is 340 g/mol. The SMILES string of the molecule is Cc1cc(C(=O)N2CCCC2c2ncc(C)n2Cc2ccncc2)n(C)n1. The van der Waals surface area contributed by atoms with Gasteiger partial charge in [-0.05, 0) is 50.5 Å². The lowest BCUT2D eigenvalue weighted by Gasteiger charge is -2.25. The summed E-state index contributed by atoms with van der Waals surface area (Å²) >= 11 is 0. The average Bonchev–Trinajstić information content (AvgIpc) is 3.35. The Kier molecular flexibility index (Phi) is 4.51. The molecule has 0 aromatic carbocycles. The monoisotopic (exact) mass is 364 g/mol. The number of amides is 1. The molecule has 1 fully saturated rings. The summed E-state index contributed by atoms with van der Waals surface area (Å²) in [7, 11) is 1.82. The number of rotatable bonds is 4. The molecule has 7 nitrogen and oxygen atoms in total. The summed E-state index contributed by atoms with van der Waals surface area (Å²) in [5.74, 6) is 0.978. The van der Waals surface area contributed by atoms with Gasteiger partial charge in [0.05, 0.1) is 11.7 Å². The van der Waals surface area contributed by atoms with Crippen molar-refractivity contribution in [2.75, 3.05) is 6.54 Å². The lowest BCUT2D eigenvalue weighted by Crippen LogP contribution is -2.33. The van der Waals surface area contributed by atoms with Gasteiger partial charge in [0.15, 0.2) is 0 Å². The molecule has 0 N–H and O–H groups in total. The highest BCUT2D eigenvalue weighted by molar-refractivity contribution is 5.93. The summed E-state index contributed by atoms with van der Waals surface area (Å²) in [6.45, 7) is 5.44. The molecule has 3 aromatic heterocycles. The summed E-state index contributed by atoms with van der Waals surface area (Å²) in [6.07, 6.45) is 7.41. The van der Waals surface area contributed by atoms with E-state index < -0.39 is 0 Å². The van der Waals surface area contributed by atoms with Gasteiger partial charge in [-0.15, -0.1) is 0 Å². The molecule has 1 saturated heterocycles. The smallest absolute Gasteiger partial charge is 0.272 e. The minimum absolute atomic E-state index is 0.0109. The molecule has 27 heavy (non-hydrogen) atoms. The highest BCUT2D eigenvalue weighted by Crippen LogP contribution is 2.33. The molecule has 1 aliphatic heterocycles. The van der Waals surface area contributed by atoms with E-state index in [-0.39, 0.29) is 11.9 Å². The van der Waals surface area contributed by atoms with Crippen molar-refractivity contribution < 1.29 is 4.79 Å². The van der Waals surface area contributed by atoms with E-state index in [0.29, 0.717) is 5.69 Å². The van der Waals surface area contributed by atoms with Crippen molar-refractivity contribution in [1.82, 2.24) is 29.2 Å². The van der Waals surface area contributed by atoms with Crippen LogP contribution in [-0.4, -0.2) is 41.7 Å². The third kappa shape index (κ3) is 3.25. The minimum Gasteiger partial charge on any atom is -0.327 e. The quantitative estimate of drug-likeness (QED) is 0.714. The van der Waals surface area contributed by atoms with Gasteiger partial charge in [-0.2, -0.15) is 5.10 Å². The molecule has 7 heteroatoms. The van der Waals surface area contributed by atoms with Gasteiger partial charge in [-0.3, -0.25) is 14.5 Å². The fourth-order valence-electron chi connectivity index (χ4n) is 3.86. The number of pyridine rings is 1. The third-order valence-corrected chi connectivity index (χ3v) is 5.21. The van der Waals surface area contributed by atoms with Gasteiger partial charge in [-0.1, -0.05) is 0 Å². The number of carbonyl (C=O) groups excluding carboxylic acids is 1. The normalized spacial score (nSPS) is 16.9. The van der Waals surface area contributed by atoms with Crippen LogP contribution in [0.3, 0.4) is 0 Å². The summed E-state index contributed by atoms with van der Waals surface area (Å²) in [5, 5.41) is 4.32. The van der Waals surface area contributed by atoms with E-state index in [1.54, 1.807) is 17.1 Å². The zero-order valence-corrected chi connectivity index (χ0v) is 16.0. The molecule has 4 rings (SSSR count). The van der Waals surface area contributed by atoms with Crippen LogP contribution < -0.4 is 0 Å². The largest absolute Gasteiger partial charge is 0.327 e. The van der Waals surface area contributed by atoms with Gasteiger partial charge in [-0.25, -0.2) is 4.98 Å². The van der Waals surface area contributed by atoms with Crippen LogP contribution in [0.25, 0.3) is 0 Å². The summed E-state index contributed by atoms with van der Waals surface area (Å²) in [4.78, 5) is 23.9.